The lowest BCUT2D eigenvalue weighted by Gasteiger charge is -2.11. The molecule has 0 unspecified atom stereocenters. The number of aryl methyl sites for hydroxylation is 1. The fraction of sp³-hybridized carbons (Fsp3) is 0.750. The second-order valence-electron chi connectivity index (χ2n) is 2.10. The third kappa shape index (κ3) is 1.52. The number of aliphatic hydroxyl groups excluding tert-OH is 1. The number of nitrogens with zero attached hydrogens (tertiary/aromatic N) is 4. The molecule has 1 atom stereocenters. The van der Waals surface area contributed by atoms with Crippen LogP contribution in [0.1, 0.15) is 11.9 Å². The Morgan fingerprint density at radius 3 is 2.42 bits per heavy atom. The summed E-state index contributed by atoms with van der Waals surface area (Å²) >= 11 is 0. The van der Waals surface area contributed by atoms with Crippen LogP contribution in [0.25, 0.3) is 0 Å². The highest BCUT2D eigenvalue weighted by molar-refractivity contribution is 4.90. The van der Waals surface area contributed by atoms with Crippen LogP contribution in [-0.2, 0) is 7.05 Å². The van der Waals surface area contributed by atoms with E-state index in [2.05, 4.69) is 15.5 Å². The molecule has 1 aromatic rings. The number of halogens is 3. The van der Waals surface area contributed by atoms with Crippen LogP contribution in [0.2, 0.25) is 0 Å². The maximum Gasteiger partial charge on any atom is 0.421 e. The molecule has 0 aliphatic rings. The van der Waals surface area contributed by atoms with Crippen molar-refractivity contribution in [1.82, 2.24) is 20.2 Å². The summed E-state index contributed by atoms with van der Waals surface area (Å²) in [5.74, 6) is -0.623. The minimum atomic E-state index is -4.73. The fourth-order valence-corrected chi connectivity index (χ4v) is 0.614. The summed E-state index contributed by atoms with van der Waals surface area (Å²) in [4.78, 5) is 0. The molecule has 0 saturated carbocycles. The lowest BCUT2D eigenvalue weighted by atomic mass is 10.3. The monoisotopic (exact) mass is 182 g/mol. The van der Waals surface area contributed by atoms with E-state index in [-0.39, 0.29) is 0 Å². The first-order valence-electron chi connectivity index (χ1n) is 2.90. The van der Waals surface area contributed by atoms with Gasteiger partial charge in [0.2, 0.25) is 6.10 Å². The zero-order chi connectivity index (χ0) is 9.35. The SMILES string of the molecule is Cn1nnnc1[C@H](O)C(F)(F)F. The van der Waals surface area contributed by atoms with Crippen LogP contribution in [0, 0.1) is 0 Å². The van der Waals surface area contributed by atoms with Crippen molar-refractivity contribution in [1.29, 1.82) is 0 Å². The van der Waals surface area contributed by atoms with Crippen molar-refractivity contribution in [2.24, 2.45) is 7.05 Å². The van der Waals surface area contributed by atoms with Crippen LogP contribution < -0.4 is 0 Å². The van der Waals surface area contributed by atoms with Gasteiger partial charge >= 0.3 is 6.18 Å². The number of hydrogen-bond acceptors (Lipinski definition) is 4. The molecule has 0 amide bonds. The molecule has 5 nitrogen and oxygen atoms in total. The number of alkyl halides is 3. The van der Waals surface area contributed by atoms with Gasteiger partial charge in [0.15, 0.2) is 5.82 Å². The molecule has 0 spiro atoms. The van der Waals surface area contributed by atoms with Crippen LogP contribution >= 0.6 is 0 Å². The minimum Gasteiger partial charge on any atom is -0.377 e. The molecule has 0 bridgehead atoms. The smallest absolute Gasteiger partial charge is 0.377 e. The molecule has 0 aliphatic carbocycles. The Morgan fingerprint density at radius 1 is 1.50 bits per heavy atom. The Balaban J connectivity index is 2.92. The van der Waals surface area contributed by atoms with Crippen molar-refractivity contribution in [3.8, 4) is 0 Å². The van der Waals surface area contributed by atoms with Crippen molar-refractivity contribution < 1.29 is 18.3 Å². The molecule has 0 saturated heterocycles. The van der Waals surface area contributed by atoms with E-state index < -0.39 is 18.1 Å². The Morgan fingerprint density at radius 2 is 2.08 bits per heavy atom. The molecule has 68 valence electrons. The maximum absolute atomic E-state index is 11.8. The molecular formula is C4H5F3N4O. The summed E-state index contributed by atoms with van der Waals surface area (Å²) in [7, 11) is 1.21. The highest BCUT2D eigenvalue weighted by Crippen LogP contribution is 2.30. The molecule has 1 aromatic heterocycles. The van der Waals surface area contributed by atoms with Crippen LogP contribution in [0.3, 0.4) is 0 Å². The van der Waals surface area contributed by atoms with Crippen molar-refractivity contribution in [3.05, 3.63) is 5.82 Å². The first-order valence-corrected chi connectivity index (χ1v) is 2.90. The Kier molecular flexibility index (Phi) is 2.01. The van der Waals surface area contributed by atoms with Crippen molar-refractivity contribution >= 4 is 0 Å². The average molecular weight is 182 g/mol. The van der Waals surface area contributed by atoms with Crippen LogP contribution in [0.15, 0.2) is 0 Å². The van der Waals surface area contributed by atoms with Gasteiger partial charge in [-0.2, -0.15) is 13.2 Å². The van der Waals surface area contributed by atoms with Crippen molar-refractivity contribution in [3.63, 3.8) is 0 Å². The molecule has 0 aliphatic heterocycles. The molecule has 0 radical (unpaired) electrons. The summed E-state index contributed by atoms with van der Waals surface area (Å²) in [5, 5.41) is 17.8. The van der Waals surface area contributed by atoms with E-state index in [1.807, 2.05) is 0 Å². The van der Waals surface area contributed by atoms with E-state index in [4.69, 9.17) is 5.11 Å². The zero-order valence-corrected chi connectivity index (χ0v) is 5.95. The normalized spacial score (nSPS) is 14.8. The average Bonchev–Trinajstić information content (AvgIpc) is 2.31. The quantitative estimate of drug-likeness (QED) is 0.653. The van der Waals surface area contributed by atoms with Crippen molar-refractivity contribution in [2.75, 3.05) is 0 Å². The zero-order valence-electron chi connectivity index (χ0n) is 5.95. The lowest BCUT2D eigenvalue weighted by Crippen LogP contribution is -2.23. The number of hydrogen-bond donors (Lipinski definition) is 1. The third-order valence-corrected chi connectivity index (χ3v) is 1.21. The van der Waals surface area contributed by atoms with Gasteiger partial charge < -0.3 is 5.11 Å². The standard InChI is InChI=1S/C4H5F3N4O/c1-11-3(8-9-10-11)2(12)4(5,6)7/h2,12H,1H3/t2-/m0/s1. The molecule has 1 N–H and O–H groups in total. The van der Waals surface area contributed by atoms with Crippen molar-refractivity contribution in [2.45, 2.75) is 12.3 Å². The first kappa shape index (κ1) is 8.91. The van der Waals surface area contributed by atoms with Gasteiger partial charge in [-0.3, -0.25) is 0 Å². The summed E-state index contributed by atoms with van der Waals surface area (Å²) in [5.41, 5.74) is 0. The van der Waals surface area contributed by atoms with E-state index in [1.165, 1.54) is 7.05 Å². The highest BCUT2D eigenvalue weighted by atomic mass is 19.4. The van der Waals surface area contributed by atoms with E-state index in [0.717, 1.165) is 4.68 Å². The van der Waals surface area contributed by atoms with Gasteiger partial charge in [0, 0.05) is 7.05 Å². The second kappa shape index (κ2) is 2.70. The summed E-state index contributed by atoms with van der Waals surface area (Å²) in [6, 6.07) is 0. The summed E-state index contributed by atoms with van der Waals surface area (Å²) in [6.07, 6.45) is -7.36. The second-order valence-corrected chi connectivity index (χ2v) is 2.10. The van der Waals surface area contributed by atoms with E-state index >= 15 is 0 Å². The largest absolute Gasteiger partial charge is 0.421 e. The summed E-state index contributed by atoms with van der Waals surface area (Å²) in [6.45, 7) is 0. The lowest BCUT2D eigenvalue weighted by molar-refractivity contribution is -0.210. The van der Waals surface area contributed by atoms with Gasteiger partial charge in [-0.25, -0.2) is 4.68 Å². The number of aliphatic hydroxyl groups is 1. The van der Waals surface area contributed by atoms with E-state index in [0.29, 0.717) is 0 Å². The minimum absolute atomic E-state index is 0.623. The Labute approximate surface area is 64.8 Å². The van der Waals surface area contributed by atoms with Gasteiger partial charge in [0.05, 0.1) is 0 Å². The van der Waals surface area contributed by atoms with Gasteiger partial charge in [-0.05, 0) is 10.4 Å². The molecule has 0 fully saturated rings. The fourth-order valence-electron chi connectivity index (χ4n) is 0.614. The summed E-state index contributed by atoms with van der Waals surface area (Å²) < 4.78 is 36.3. The number of rotatable bonds is 1. The Bertz CT molecular complexity index is 270. The van der Waals surface area contributed by atoms with Gasteiger partial charge in [-0.1, -0.05) is 0 Å². The third-order valence-electron chi connectivity index (χ3n) is 1.21. The Hall–Kier alpha value is -1.18. The molecule has 12 heavy (non-hydrogen) atoms. The predicted octanol–water partition coefficient (Wildman–Crippen LogP) is -0.194. The topological polar surface area (TPSA) is 63.8 Å². The molecular weight excluding hydrogens is 177 g/mol. The van der Waals surface area contributed by atoms with Crippen LogP contribution in [0.4, 0.5) is 13.2 Å². The van der Waals surface area contributed by atoms with Crippen LogP contribution in [-0.4, -0.2) is 31.5 Å². The first-order chi connectivity index (χ1) is 5.43. The van der Waals surface area contributed by atoms with Gasteiger partial charge in [-0.15, -0.1) is 5.10 Å². The molecule has 1 rings (SSSR count). The van der Waals surface area contributed by atoms with E-state index in [1.54, 1.807) is 0 Å². The predicted molar refractivity (Wildman–Crippen MR) is 29.8 cm³/mol. The highest BCUT2D eigenvalue weighted by Gasteiger charge is 2.42. The molecule has 0 aromatic carbocycles. The molecule has 1 heterocycles. The van der Waals surface area contributed by atoms with Gasteiger partial charge in [0.25, 0.3) is 0 Å². The maximum atomic E-state index is 11.8. The van der Waals surface area contributed by atoms with Crippen LogP contribution in [0.5, 0.6) is 0 Å². The number of tetrazole rings is 1. The number of aromatic nitrogens is 4. The van der Waals surface area contributed by atoms with E-state index in [9.17, 15) is 13.2 Å². The molecule has 8 heteroatoms. The van der Waals surface area contributed by atoms with Gasteiger partial charge in [0.1, 0.15) is 0 Å².